The van der Waals surface area contributed by atoms with Crippen LogP contribution in [0.2, 0.25) is 0 Å². The maximum Gasteiger partial charge on any atom is 0.0494 e. The van der Waals surface area contributed by atoms with Crippen molar-refractivity contribution < 1.29 is 5.11 Å². The van der Waals surface area contributed by atoms with Crippen molar-refractivity contribution in [3.05, 3.63) is 72.3 Å². The minimum Gasteiger partial charge on any atom is -0.396 e. The Morgan fingerprint density at radius 2 is 1.62 bits per heavy atom. The maximum atomic E-state index is 9.13. The minimum atomic E-state index is 0.250. The van der Waals surface area contributed by atoms with E-state index in [2.05, 4.69) is 66.0 Å². The van der Waals surface area contributed by atoms with Gasteiger partial charge in [-0.25, -0.2) is 0 Å². The lowest BCUT2D eigenvalue weighted by atomic mass is 10.0. The molecule has 0 saturated heterocycles. The normalized spacial score (nSPS) is 20.8. The standard InChI is InChI=1S/C19H21NO/c21-14-16-8-11-19(12-16)20-13-15-6-9-18(10-7-15)17-4-2-1-3-5-17/h1-11,16,19-21H,12-14H2/t16-,19+/m0/s1. The van der Waals surface area contributed by atoms with Gasteiger partial charge in [0.05, 0.1) is 0 Å². The molecule has 0 spiro atoms. The van der Waals surface area contributed by atoms with Gasteiger partial charge in [-0.05, 0) is 23.1 Å². The van der Waals surface area contributed by atoms with Crippen molar-refractivity contribution in [2.45, 2.75) is 19.0 Å². The molecule has 2 atom stereocenters. The highest BCUT2D eigenvalue weighted by Crippen LogP contribution is 2.20. The van der Waals surface area contributed by atoms with Crippen LogP contribution in [0.3, 0.4) is 0 Å². The predicted molar refractivity (Wildman–Crippen MR) is 86.8 cm³/mol. The van der Waals surface area contributed by atoms with E-state index in [1.54, 1.807) is 0 Å². The van der Waals surface area contributed by atoms with Crippen molar-refractivity contribution >= 4 is 0 Å². The zero-order chi connectivity index (χ0) is 14.5. The average molecular weight is 279 g/mol. The first-order chi connectivity index (χ1) is 10.3. The van der Waals surface area contributed by atoms with E-state index in [0.29, 0.717) is 12.0 Å². The van der Waals surface area contributed by atoms with Crippen molar-refractivity contribution in [1.82, 2.24) is 5.32 Å². The van der Waals surface area contributed by atoms with Crippen molar-refractivity contribution in [3.63, 3.8) is 0 Å². The van der Waals surface area contributed by atoms with E-state index in [4.69, 9.17) is 5.11 Å². The van der Waals surface area contributed by atoms with Crippen LogP contribution in [-0.2, 0) is 6.54 Å². The molecule has 2 heteroatoms. The largest absolute Gasteiger partial charge is 0.396 e. The van der Waals surface area contributed by atoms with Gasteiger partial charge in [-0.15, -0.1) is 0 Å². The predicted octanol–water partition coefficient (Wildman–Crippen LogP) is 3.38. The third-order valence-electron chi connectivity index (χ3n) is 4.04. The van der Waals surface area contributed by atoms with E-state index in [-0.39, 0.29) is 6.61 Å². The number of aliphatic hydroxyl groups is 1. The molecule has 0 unspecified atom stereocenters. The second-order valence-corrected chi connectivity index (χ2v) is 5.61. The Morgan fingerprint density at radius 1 is 0.905 bits per heavy atom. The molecular weight excluding hydrogens is 258 g/mol. The SMILES string of the molecule is OC[C@H]1C=C[C@@H](NCc2ccc(-c3ccccc3)cc2)C1. The molecule has 0 bridgehead atoms. The molecule has 0 amide bonds. The van der Waals surface area contributed by atoms with Gasteiger partial charge >= 0.3 is 0 Å². The molecule has 2 aromatic rings. The summed E-state index contributed by atoms with van der Waals surface area (Å²) in [7, 11) is 0. The number of aliphatic hydroxyl groups excluding tert-OH is 1. The van der Waals surface area contributed by atoms with Crippen LogP contribution in [0.15, 0.2) is 66.7 Å². The first-order valence-corrected chi connectivity index (χ1v) is 7.52. The molecule has 0 saturated carbocycles. The summed E-state index contributed by atoms with van der Waals surface area (Å²) in [5, 5.41) is 12.7. The zero-order valence-corrected chi connectivity index (χ0v) is 12.1. The zero-order valence-electron chi connectivity index (χ0n) is 12.1. The molecule has 0 aromatic heterocycles. The fourth-order valence-electron chi connectivity index (χ4n) is 2.76. The average Bonchev–Trinajstić information content (AvgIpc) is 3.02. The summed E-state index contributed by atoms with van der Waals surface area (Å²) >= 11 is 0. The highest BCUT2D eigenvalue weighted by Gasteiger charge is 2.17. The quantitative estimate of drug-likeness (QED) is 0.822. The first-order valence-electron chi connectivity index (χ1n) is 7.52. The van der Waals surface area contributed by atoms with Crippen molar-refractivity contribution in [2.75, 3.05) is 6.61 Å². The van der Waals surface area contributed by atoms with E-state index in [1.165, 1.54) is 16.7 Å². The summed E-state index contributed by atoms with van der Waals surface area (Å²) in [5.74, 6) is 0.322. The van der Waals surface area contributed by atoms with Gasteiger partial charge in [-0.2, -0.15) is 0 Å². The highest BCUT2D eigenvalue weighted by atomic mass is 16.3. The fraction of sp³-hybridized carbons (Fsp3) is 0.263. The molecule has 0 heterocycles. The molecule has 21 heavy (non-hydrogen) atoms. The highest BCUT2D eigenvalue weighted by molar-refractivity contribution is 5.63. The van der Waals surface area contributed by atoms with E-state index < -0.39 is 0 Å². The van der Waals surface area contributed by atoms with E-state index >= 15 is 0 Å². The van der Waals surface area contributed by atoms with Gasteiger partial charge in [0, 0.05) is 25.1 Å². The van der Waals surface area contributed by atoms with Crippen LogP contribution in [0.5, 0.6) is 0 Å². The Morgan fingerprint density at radius 3 is 2.29 bits per heavy atom. The molecule has 0 radical (unpaired) electrons. The molecule has 2 aromatic carbocycles. The Labute approximate surface area is 126 Å². The van der Waals surface area contributed by atoms with Gasteiger partial charge in [-0.3, -0.25) is 0 Å². The number of benzene rings is 2. The lowest BCUT2D eigenvalue weighted by Crippen LogP contribution is -2.26. The Kier molecular flexibility index (Phi) is 4.49. The molecular formula is C19H21NO. The summed E-state index contributed by atoms with van der Waals surface area (Å²) in [6.45, 7) is 1.11. The minimum absolute atomic E-state index is 0.250. The topological polar surface area (TPSA) is 32.3 Å². The van der Waals surface area contributed by atoms with Crippen LogP contribution in [0, 0.1) is 5.92 Å². The second-order valence-electron chi connectivity index (χ2n) is 5.61. The lowest BCUT2D eigenvalue weighted by Gasteiger charge is -2.13. The smallest absolute Gasteiger partial charge is 0.0494 e. The summed E-state index contributed by atoms with van der Waals surface area (Å²) in [6, 6.07) is 19.5. The van der Waals surface area contributed by atoms with E-state index in [9.17, 15) is 0 Å². The van der Waals surface area contributed by atoms with Gasteiger partial charge in [0.25, 0.3) is 0 Å². The van der Waals surface area contributed by atoms with E-state index in [0.717, 1.165) is 13.0 Å². The van der Waals surface area contributed by atoms with Gasteiger partial charge in [0.15, 0.2) is 0 Å². The van der Waals surface area contributed by atoms with Crippen LogP contribution >= 0.6 is 0 Å². The van der Waals surface area contributed by atoms with Crippen LogP contribution < -0.4 is 5.32 Å². The number of nitrogens with one attached hydrogen (secondary N) is 1. The molecule has 2 N–H and O–H groups in total. The first kappa shape index (κ1) is 14.1. The molecule has 0 fully saturated rings. The van der Waals surface area contributed by atoms with Crippen LogP contribution in [-0.4, -0.2) is 17.8 Å². The Bertz CT molecular complexity index is 589. The van der Waals surface area contributed by atoms with E-state index in [1.807, 2.05) is 6.07 Å². The van der Waals surface area contributed by atoms with Crippen LogP contribution in [0.4, 0.5) is 0 Å². The summed E-state index contributed by atoms with van der Waals surface area (Å²) < 4.78 is 0. The monoisotopic (exact) mass is 279 g/mol. The van der Waals surface area contributed by atoms with Gasteiger partial charge < -0.3 is 10.4 Å². The maximum absolute atomic E-state index is 9.13. The van der Waals surface area contributed by atoms with Crippen LogP contribution in [0.25, 0.3) is 11.1 Å². The number of rotatable bonds is 5. The summed E-state index contributed by atoms with van der Waals surface area (Å²) in [6.07, 6.45) is 5.27. The summed E-state index contributed by atoms with van der Waals surface area (Å²) in [4.78, 5) is 0. The third kappa shape index (κ3) is 3.60. The second kappa shape index (κ2) is 6.70. The van der Waals surface area contributed by atoms with Crippen molar-refractivity contribution in [2.24, 2.45) is 5.92 Å². The molecule has 2 nitrogen and oxygen atoms in total. The Balaban J connectivity index is 1.57. The van der Waals surface area contributed by atoms with Crippen molar-refractivity contribution in [1.29, 1.82) is 0 Å². The molecule has 1 aliphatic carbocycles. The van der Waals surface area contributed by atoms with Gasteiger partial charge in [-0.1, -0.05) is 66.7 Å². The summed E-state index contributed by atoms with van der Waals surface area (Å²) in [5.41, 5.74) is 3.79. The lowest BCUT2D eigenvalue weighted by molar-refractivity contribution is 0.246. The van der Waals surface area contributed by atoms with Gasteiger partial charge in [0.2, 0.25) is 0 Å². The molecule has 108 valence electrons. The molecule has 3 rings (SSSR count). The Hall–Kier alpha value is -1.90. The van der Waals surface area contributed by atoms with Crippen LogP contribution in [0.1, 0.15) is 12.0 Å². The number of hydrogen-bond acceptors (Lipinski definition) is 2. The third-order valence-corrected chi connectivity index (χ3v) is 4.04. The number of hydrogen-bond donors (Lipinski definition) is 2. The van der Waals surface area contributed by atoms with Crippen molar-refractivity contribution in [3.8, 4) is 11.1 Å². The fourth-order valence-corrected chi connectivity index (χ4v) is 2.76. The van der Waals surface area contributed by atoms with Gasteiger partial charge in [0.1, 0.15) is 0 Å². The molecule has 1 aliphatic rings. The molecule has 0 aliphatic heterocycles.